The Balaban J connectivity index is 1.13. The Hall–Kier alpha value is -7.80. The van der Waals surface area contributed by atoms with Gasteiger partial charge in [-0.2, -0.15) is 0 Å². The van der Waals surface area contributed by atoms with Crippen LogP contribution in [0.15, 0.2) is 255 Å². The Labute approximate surface area is 353 Å². The Kier molecular flexibility index (Phi) is 10.1. The molecule has 0 radical (unpaired) electrons. The normalized spacial score (nSPS) is 11.0. The standard InChI is InChI=1S/C60H42/c1-5-17-43(18-6-1)47-25-13-27-49(33-47)51-29-15-31-53(35-51)57-40-58(54-32-16-30-52(36-54)50-28-14-26-48(34-50)44-19-7-2-8-20-44)42-60(41-57)59-38-55(45-21-9-3-10-22-45)37-56(39-59)46-23-11-4-12-24-46/h1-42H. The van der Waals surface area contributed by atoms with Crippen LogP contribution < -0.4 is 0 Å². The van der Waals surface area contributed by atoms with E-state index >= 15 is 0 Å². The second kappa shape index (κ2) is 16.6. The van der Waals surface area contributed by atoms with Crippen molar-refractivity contribution in [1.82, 2.24) is 0 Å². The van der Waals surface area contributed by atoms with Gasteiger partial charge in [-0.25, -0.2) is 0 Å². The fourth-order valence-electron chi connectivity index (χ4n) is 8.29. The summed E-state index contributed by atoms with van der Waals surface area (Å²) >= 11 is 0. The van der Waals surface area contributed by atoms with Crippen LogP contribution in [0.25, 0.3) is 100 Å². The van der Waals surface area contributed by atoms with E-state index in [9.17, 15) is 0 Å². The molecule has 0 N–H and O–H groups in total. The van der Waals surface area contributed by atoms with E-state index < -0.39 is 0 Å². The van der Waals surface area contributed by atoms with Crippen molar-refractivity contribution in [2.45, 2.75) is 0 Å². The molecule has 0 saturated heterocycles. The first-order valence-corrected chi connectivity index (χ1v) is 20.6. The van der Waals surface area contributed by atoms with Gasteiger partial charge in [0.05, 0.1) is 0 Å². The summed E-state index contributed by atoms with van der Waals surface area (Å²) in [5, 5.41) is 0. The Bertz CT molecular complexity index is 2850. The molecule has 0 aliphatic carbocycles. The molecule has 282 valence electrons. The highest BCUT2D eigenvalue weighted by Crippen LogP contribution is 2.39. The average Bonchev–Trinajstić information content (AvgIpc) is 3.35. The predicted octanol–water partition coefficient (Wildman–Crippen LogP) is 16.7. The third kappa shape index (κ3) is 7.88. The number of rotatable bonds is 9. The number of hydrogen-bond acceptors (Lipinski definition) is 0. The molecule has 0 amide bonds. The van der Waals surface area contributed by atoms with Gasteiger partial charge in [-0.1, -0.05) is 194 Å². The third-order valence-corrected chi connectivity index (χ3v) is 11.4. The van der Waals surface area contributed by atoms with Gasteiger partial charge in [0.15, 0.2) is 0 Å². The molecule has 0 spiro atoms. The van der Waals surface area contributed by atoms with Crippen LogP contribution >= 0.6 is 0 Å². The maximum atomic E-state index is 2.37. The zero-order valence-corrected chi connectivity index (χ0v) is 33.2. The fourth-order valence-corrected chi connectivity index (χ4v) is 8.29. The van der Waals surface area contributed by atoms with Crippen molar-refractivity contribution < 1.29 is 0 Å². The maximum Gasteiger partial charge on any atom is -0.0171 e. The highest BCUT2D eigenvalue weighted by atomic mass is 14.2. The lowest BCUT2D eigenvalue weighted by atomic mass is 9.89. The molecule has 10 aromatic rings. The van der Waals surface area contributed by atoms with Crippen molar-refractivity contribution in [3.05, 3.63) is 255 Å². The number of benzene rings is 10. The molecule has 10 aromatic carbocycles. The van der Waals surface area contributed by atoms with E-state index in [0.29, 0.717) is 0 Å². The van der Waals surface area contributed by atoms with Crippen LogP contribution in [-0.2, 0) is 0 Å². The van der Waals surface area contributed by atoms with E-state index in [2.05, 4.69) is 255 Å². The Morgan fingerprint density at radius 3 is 0.483 bits per heavy atom. The van der Waals surface area contributed by atoms with E-state index in [0.717, 1.165) is 0 Å². The minimum atomic E-state index is 1.17. The lowest BCUT2D eigenvalue weighted by Gasteiger charge is -2.16. The van der Waals surface area contributed by atoms with E-state index in [1.165, 1.54) is 100 Å². The lowest BCUT2D eigenvalue weighted by molar-refractivity contribution is 1.54. The summed E-state index contributed by atoms with van der Waals surface area (Å²) in [5.74, 6) is 0. The van der Waals surface area contributed by atoms with Gasteiger partial charge in [0.25, 0.3) is 0 Å². The van der Waals surface area contributed by atoms with Crippen LogP contribution in [0.1, 0.15) is 0 Å². The van der Waals surface area contributed by atoms with Gasteiger partial charge < -0.3 is 0 Å². The molecule has 0 aliphatic rings. The third-order valence-electron chi connectivity index (χ3n) is 11.4. The maximum absolute atomic E-state index is 2.37. The summed E-state index contributed by atoms with van der Waals surface area (Å²) in [7, 11) is 0. The predicted molar refractivity (Wildman–Crippen MR) is 255 cm³/mol. The molecule has 0 nitrogen and oxygen atoms in total. The minimum Gasteiger partial charge on any atom is -0.0622 e. The molecule has 0 fully saturated rings. The zero-order chi connectivity index (χ0) is 40.1. The van der Waals surface area contributed by atoms with Gasteiger partial charge >= 0.3 is 0 Å². The summed E-state index contributed by atoms with van der Waals surface area (Å²) in [6.45, 7) is 0. The first-order chi connectivity index (χ1) is 29.7. The second-order valence-electron chi connectivity index (χ2n) is 15.4. The van der Waals surface area contributed by atoms with Crippen LogP contribution in [0, 0.1) is 0 Å². The van der Waals surface area contributed by atoms with Crippen LogP contribution in [0.4, 0.5) is 0 Å². The van der Waals surface area contributed by atoms with Gasteiger partial charge in [0, 0.05) is 0 Å². The van der Waals surface area contributed by atoms with E-state index in [-0.39, 0.29) is 0 Å². The minimum absolute atomic E-state index is 1.17. The quantitative estimate of drug-likeness (QED) is 0.137. The fraction of sp³-hybridized carbons (Fsp3) is 0. The first kappa shape index (κ1) is 36.5. The Morgan fingerprint density at radius 1 is 0.100 bits per heavy atom. The smallest absolute Gasteiger partial charge is 0.0171 e. The molecule has 10 rings (SSSR count). The van der Waals surface area contributed by atoms with Crippen molar-refractivity contribution in [2.24, 2.45) is 0 Å². The van der Waals surface area contributed by atoms with Gasteiger partial charge in [-0.05, 0) is 161 Å². The van der Waals surface area contributed by atoms with Crippen LogP contribution in [0.3, 0.4) is 0 Å². The SMILES string of the molecule is c1ccc(-c2cccc(-c3cccc(-c4cc(-c5cccc(-c6cccc(-c7ccccc7)c6)c5)cc(-c5cc(-c6ccccc6)cc(-c6ccccc6)c5)c4)c3)c2)cc1. The lowest BCUT2D eigenvalue weighted by Crippen LogP contribution is -1.90. The molecular weight excluding hydrogens is 721 g/mol. The second-order valence-corrected chi connectivity index (χ2v) is 15.4. The largest absolute Gasteiger partial charge is 0.0622 e. The molecule has 0 heteroatoms. The summed E-state index contributed by atoms with van der Waals surface area (Å²) in [6.07, 6.45) is 0. The molecule has 0 saturated carbocycles. The molecule has 0 heterocycles. The van der Waals surface area contributed by atoms with Crippen molar-refractivity contribution in [1.29, 1.82) is 0 Å². The van der Waals surface area contributed by atoms with Crippen LogP contribution in [-0.4, -0.2) is 0 Å². The average molecular weight is 763 g/mol. The molecule has 60 heavy (non-hydrogen) atoms. The van der Waals surface area contributed by atoms with Gasteiger partial charge in [-0.3, -0.25) is 0 Å². The van der Waals surface area contributed by atoms with Crippen molar-refractivity contribution in [3.8, 4) is 100 Å². The molecule has 0 bridgehead atoms. The van der Waals surface area contributed by atoms with E-state index in [4.69, 9.17) is 0 Å². The van der Waals surface area contributed by atoms with E-state index in [1.54, 1.807) is 0 Å². The molecule has 0 unspecified atom stereocenters. The highest BCUT2D eigenvalue weighted by molar-refractivity contribution is 5.88. The molecular formula is C60H42. The van der Waals surface area contributed by atoms with Crippen molar-refractivity contribution in [2.75, 3.05) is 0 Å². The van der Waals surface area contributed by atoms with Crippen molar-refractivity contribution in [3.63, 3.8) is 0 Å². The monoisotopic (exact) mass is 762 g/mol. The first-order valence-electron chi connectivity index (χ1n) is 20.6. The zero-order valence-electron chi connectivity index (χ0n) is 33.2. The number of hydrogen-bond donors (Lipinski definition) is 0. The summed E-state index contributed by atoms with van der Waals surface area (Å²) in [6, 6.07) is 92.5. The molecule has 0 aliphatic heterocycles. The summed E-state index contributed by atoms with van der Waals surface area (Å²) < 4.78 is 0. The molecule has 0 atom stereocenters. The highest BCUT2D eigenvalue weighted by Gasteiger charge is 2.13. The Morgan fingerprint density at radius 2 is 0.233 bits per heavy atom. The van der Waals surface area contributed by atoms with Crippen molar-refractivity contribution >= 4 is 0 Å². The van der Waals surface area contributed by atoms with Gasteiger partial charge in [0.1, 0.15) is 0 Å². The van der Waals surface area contributed by atoms with Gasteiger partial charge in [-0.15, -0.1) is 0 Å². The molecule has 0 aromatic heterocycles. The van der Waals surface area contributed by atoms with Crippen LogP contribution in [0.2, 0.25) is 0 Å². The topological polar surface area (TPSA) is 0 Å². The van der Waals surface area contributed by atoms with Crippen LogP contribution in [0.5, 0.6) is 0 Å². The summed E-state index contributed by atoms with van der Waals surface area (Å²) in [5.41, 5.74) is 21.5. The van der Waals surface area contributed by atoms with E-state index in [1.807, 2.05) is 0 Å². The summed E-state index contributed by atoms with van der Waals surface area (Å²) in [4.78, 5) is 0. The van der Waals surface area contributed by atoms with Gasteiger partial charge in [0.2, 0.25) is 0 Å².